The average molecular weight is 303 g/mol. The quantitative estimate of drug-likeness (QED) is 0.753. The Labute approximate surface area is 122 Å². The van der Waals surface area contributed by atoms with Crippen molar-refractivity contribution in [2.24, 2.45) is 0 Å². The topological polar surface area (TPSA) is 114 Å². The van der Waals surface area contributed by atoms with E-state index in [9.17, 15) is 9.90 Å². The molecule has 0 aliphatic carbocycles. The van der Waals surface area contributed by atoms with E-state index in [1.54, 1.807) is 19.1 Å². The maximum Gasteiger partial charge on any atom is 0.347 e. The van der Waals surface area contributed by atoms with Crippen LogP contribution in [0.2, 0.25) is 0 Å². The van der Waals surface area contributed by atoms with Gasteiger partial charge in [0.15, 0.2) is 0 Å². The molecule has 0 aliphatic rings. The van der Waals surface area contributed by atoms with Gasteiger partial charge in [0.25, 0.3) is 0 Å². The van der Waals surface area contributed by atoms with Crippen LogP contribution in [0.3, 0.4) is 0 Å². The molecule has 3 aromatic rings. The van der Waals surface area contributed by atoms with Crippen LogP contribution in [0.15, 0.2) is 24.5 Å². The summed E-state index contributed by atoms with van der Waals surface area (Å²) in [4.78, 5) is 15.5. The number of aromatic hydroxyl groups is 1. The molecule has 0 radical (unpaired) electrons. The smallest absolute Gasteiger partial charge is 0.347 e. The highest BCUT2D eigenvalue weighted by atomic mass is 32.1. The van der Waals surface area contributed by atoms with Gasteiger partial charge in [0.1, 0.15) is 27.6 Å². The van der Waals surface area contributed by atoms with Crippen molar-refractivity contribution in [3.05, 3.63) is 35.1 Å². The zero-order valence-corrected chi connectivity index (χ0v) is 11.6. The largest absolute Gasteiger partial charge is 0.506 e. The number of hydrogen-bond donors (Lipinski definition) is 2. The minimum absolute atomic E-state index is 0.0118. The van der Waals surface area contributed by atoms with Crippen LogP contribution < -0.4 is 0 Å². The second kappa shape index (κ2) is 4.94. The van der Waals surface area contributed by atoms with Gasteiger partial charge in [-0.1, -0.05) is 0 Å². The SMILES string of the molecule is Cc1nc(-c2ccc(O)c(-n3cnnn3)c2)sc1C(=O)O. The molecule has 0 saturated heterocycles. The van der Waals surface area contributed by atoms with Crippen LogP contribution in [-0.4, -0.2) is 41.4 Å². The third-order valence-corrected chi connectivity index (χ3v) is 4.00. The number of benzene rings is 1. The molecule has 21 heavy (non-hydrogen) atoms. The lowest BCUT2D eigenvalue weighted by atomic mass is 10.2. The number of rotatable bonds is 3. The molecule has 0 spiro atoms. The third-order valence-electron chi connectivity index (χ3n) is 2.81. The number of aromatic carboxylic acids is 1. The molecule has 2 heterocycles. The number of phenols is 1. The number of thiazole rings is 1. The van der Waals surface area contributed by atoms with Gasteiger partial charge in [0.2, 0.25) is 0 Å². The van der Waals surface area contributed by atoms with Crippen LogP contribution in [0.4, 0.5) is 0 Å². The van der Waals surface area contributed by atoms with Gasteiger partial charge >= 0.3 is 5.97 Å². The molecule has 0 atom stereocenters. The zero-order chi connectivity index (χ0) is 15.0. The standard InChI is InChI=1S/C12H9N5O3S/c1-6-10(12(19)20)21-11(14-6)7-2-3-9(18)8(4-7)17-5-13-15-16-17/h2-5,18H,1H3,(H,19,20). The molecule has 0 unspecified atom stereocenters. The second-order valence-electron chi connectivity index (χ2n) is 4.20. The van der Waals surface area contributed by atoms with E-state index < -0.39 is 5.97 Å². The van der Waals surface area contributed by atoms with E-state index in [0.717, 1.165) is 11.3 Å². The Bertz CT molecular complexity index is 812. The number of carbonyl (C=O) groups is 1. The van der Waals surface area contributed by atoms with Gasteiger partial charge in [-0.3, -0.25) is 0 Å². The summed E-state index contributed by atoms with van der Waals surface area (Å²) in [5.74, 6) is -0.992. The molecule has 1 aromatic carbocycles. The van der Waals surface area contributed by atoms with Crippen LogP contribution >= 0.6 is 11.3 Å². The van der Waals surface area contributed by atoms with Gasteiger partial charge in [0, 0.05) is 5.56 Å². The lowest BCUT2D eigenvalue weighted by molar-refractivity contribution is 0.0701. The van der Waals surface area contributed by atoms with Gasteiger partial charge in [-0.2, -0.15) is 4.68 Å². The Hall–Kier alpha value is -2.81. The molecule has 3 rings (SSSR count). The normalized spacial score (nSPS) is 10.7. The number of carboxylic acid groups (broad SMARTS) is 1. The van der Waals surface area contributed by atoms with Crippen LogP contribution in [0, 0.1) is 6.92 Å². The fourth-order valence-corrected chi connectivity index (χ4v) is 2.73. The van der Waals surface area contributed by atoms with Gasteiger partial charge in [-0.15, -0.1) is 16.4 Å². The van der Waals surface area contributed by atoms with Crippen molar-refractivity contribution in [2.75, 3.05) is 0 Å². The summed E-state index contributed by atoms with van der Waals surface area (Å²) in [7, 11) is 0. The predicted octanol–water partition coefficient (Wildman–Crippen LogP) is 1.50. The van der Waals surface area contributed by atoms with Crippen LogP contribution in [-0.2, 0) is 0 Å². The van der Waals surface area contributed by atoms with Crippen molar-refractivity contribution in [1.82, 2.24) is 25.2 Å². The number of hydrogen-bond acceptors (Lipinski definition) is 7. The molecular weight excluding hydrogens is 294 g/mol. The highest BCUT2D eigenvalue weighted by molar-refractivity contribution is 7.17. The third kappa shape index (κ3) is 2.34. The van der Waals surface area contributed by atoms with E-state index in [0.29, 0.717) is 22.0 Å². The lowest BCUT2D eigenvalue weighted by Gasteiger charge is -2.04. The summed E-state index contributed by atoms with van der Waals surface area (Å²) in [5, 5.41) is 30.2. The highest BCUT2D eigenvalue weighted by Gasteiger charge is 2.16. The van der Waals surface area contributed by atoms with Crippen molar-refractivity contribution >= 4 is 17.3 Å². The number of nitrogens with zero attached hydrogens (tertiary/aromatic N) is 5. The summed E-state index contributed by atoms with van der Waals surface area (Å²) in [6, 6.07) is 4.80. The fraction of sp³-hybridized carbons (Fsp3) is 0.0833. The van der Waals surface area contributed by atoms with E-state index in [1.807, 2.05) is 0 Å². The summed E-state index contributed by atoms with van der Waals surface area (Å²) in [6.07, 6.45) is 1.36. The fourth-order valence-electron chi connectivity index (χ4n) is 1.83. The second-order valence-corrected chi connectivity index (χ2v) is 5.20. The van der Waals surface area contributed by atoms with Gasteiger partial charge < -0.3 is 10.2 Å². The van der Waals surface area contributed by atoms with E-state index in [4.69, 9.17) is 5.11 Å². The minimum Gasteiger partial charge on any atom is -0.506 e. The van der Waals surface area contributed by atoms with Crippen molar-refractivity contribution in [2.45, 2.75) is 6.92 Å². The Morgan fingerprint density at radius 3 is 2.81 bits per heavy atom. The Kier molecular flexibility index (Phi) is 3.10. The number of aromatic nitrogens is 5. The number of carboxylic acids is 1. The lowest BCUT2D eigenvalue weighted by Crippen LogP contribution is -1.96. The van der Waals surface area contributed by atoms with Gasteiger partial charge in [-0.05, 0) is 35.5 Å². The van der Waals surface area contributed by atoms with Crippen molar-refractivity contribution in [1.29, 1.82) is 0 Å². The van der Waals surface area contributed by atoms with Crippen LogP contribution in [0.1, 0.15) is 15.4 Å². The molecule has 0 bridgehead atoms. The van der Waals surface area contributed by atoms with Crippen molar-refractivity contribution in [3.8, 4) is 22.0 Å². The molecule has 106 valence electrons. The summed E-state index contributed by atoms with van der Waals surface area (Å²) in [6.45, 7) is 1.64. The monoisotopic (exact) mass is 303 g/mol. The first-order chi connectivity index (χ1) is 10.1. The van der Waals surface area contributed by atoms with Crippen molar-refractivity contribution < 1.29 is 15.0 Å². The molecule has 0 aliphatic heterocycles. The summed E-state index contributed by atoms with van der Waals surface area (Å²) in [5.41, 5.74) is 1.53. The molecule has 0 fully saturated rings. The number of tetrazole rings is 1. The summed E-state index contributed by atoms with van der Waals surface area (Å²) < 4.78 is 1.32. The van der Waals surface area contributed by atoms with Gasteiger partial charge in [0.05, 0.1) is 5.69 Å². The Morgan fingerprint density at radius 2 is 2.19 bits per heavy atom. The molecule has 0 amide bonds. The first kappa shape index (κ1) is 13.2. The molecule has 8 nitrogen and oxygen atoms in total. The van der Waals surface area contributed by atoms with Crippen LogP contribution in [0.25, 0.3) is 16.3 Å². The Balaban J connectivity index is 2.10. The molecule has 2 aromatic heterocycles. The molecular formula is C12H9N5O3S. The van der Waals surface area contributed by atoms with Crippen LogP contribution in [0.5, 0.6) is 5.75 Å². The van der Waals surface area contributed by atoms with E-state index in [2.05, 4.69) is 20.5 Å². The maximum atomic E-state index is 11.1. The van der Waals surface area contributed by atoms with Gasteiger partial charge in [-0.25, -0.2) is 9.78 Å². The van der Waals surface area contributed by atoms with E-state index >= 15 is 0 Å². The highest BCUT2D eigenvalue weighted by Crippen LogP contribution is 2.32. The number of phenolic OH excluding ortho intramolecular Hbond substituents is 1. The first-order valence-electron chi connectivity index (χ1n) is 5.83. The minimum atomic E-state index is -1.00. The average Bonchev–Trinajstić information content (AvgIpc) is 3.08. The maximum absolute atomic E-state index is 11.1. The summed E-state index contributed by atoms with van der Waals surface area (Å²) >= 11 is 1.08. The molecule has 2 N–H and O–H groups in total. The van der Waals surface area contributed by atoms with Crippen molar-refractivity contribution in [3.63, 3.8) is 0 Å². The van der Waals surface area contributed by atoms with E-state index in [1.165, 1.54) is 17.1 Å². The molecule has 0 saturated carbocycles. The zero-order valence-electron chi connectivity index (χ0n) is 10.8. The Morgan fingerprint density at radius 1 is 1.38 bits per heavy atom. The predicted molar refractivity (Wildman–Crippen MR) is 73.6 cm³/mol. The number of aryl methyl sites for hydroxylation is 1. The molecule has 9 heteroatoms. The van der Waals surface area contributed by atoms with E-state index in [-0.39, 0.29) is 10.6 Å². The first-order valence-corrected chi connectivity index (χ1v) is 6.65.